The fourth-order valence-electron chi connectivity index (χ4n) is 4.72. The van der Waals surface area contributed by atoms with E-state index < -0.39 is 11.9 Å². The summed E-state index contributed by atoms with van der Waals surface area (Å²) < 4.78 is 40.8. The average molecular weight is 458 g/mol. The van der Waals surface area contributed by atoms with Gasteiger partial charge in [-0.05, 0) is 25.5 Å². The Balaban J connectivity index is 1.50. The molecule has 33 heavy (non-hydrogen) atoms. The fourth-order valence-corrected chi connectivity index (χ4v) is 4.72. The van der Waals surface area contributed by atoms with Crippen LogP contribution in [0.3, 0.4) is 0 Å². The largest absolute Gasteiger partial charge is 0.434 e. The topological polar surface area (TPSA) is 114 Å². The molecule has 0 aromatic carbocycles. The van der Waals surface area contributed by atoms with E-state index in [1.165, 1.54) is 10.6 Å². The van der Waals surface area contributed by atoms with Crippen molar-refractivity contribution < 1.29 is 18.6 Å². The lowest BCUT2D eigenvalue weighted by Crippen LogP contribution is -2.58. The highest BCUT2D eigenvalue weighted by Gasteiger charge is 2.39. The van der Waals surface area contributed by atoms with Gasteiger partial charge in [-0.3, -0.25) is 14.7 Å². The molecule has 0 bridgehead atoms. The van der Waals surface area contributed by atoms with E-state index in [0.717, 1.165) is 43.9 Å². The zero-order valence-electron chi connectivity index (χ0n) is 17.7. The highest BCUT2D eigenvalue weighted by atomic mass is 19.4. The van der Waals surface area contributed by atoms with Crippen molar-refractivity contribution in [1.29, 1.82) is 0 Å². The van der Waals surface area contributed by atoms with Crippen molar-refractivity contribution in [3.63, 3.8) is 0 Å². The highest BCUT2D eigenvalue weighted by Crippen LogP contribution is 2.32. The van der Waals surface area contributed by atoms with Gasteiger partial charge in [0, 0.05) is 43.3 Å². The number of anilines is 1. The lowest BCUT2D eigenvalue weighted by molar-refractivity contribution is -0.141. The molecule has 2 atom stereocenters. The molecule has 0 radical (unpaired) electrons. The van der Waals surface area contributed by atoms with Gasteiger partial charge in [-0.1, -0.05) is 0 Å². The Morgan fingerprint density at radius 1 is 1.18 bits per heavy atom. The molecule has 2 fully saturated rings. The first-order valence-electron chi connectivity index (χ1n) is 10.6. The van der Waals surface area contributed by atoms with Gasteiger partial charge < -0.3 is 10.6 Å². The van der Waals surface area contributed by atoms with Crippen LogP contribution >= 0.6 is 0 Å². The summed E-state index contributed by atoms with van der Waals surface area (Å²) >= 11 is 0. The molecule has 2 saturated heterocycles. The molecular weight excluding hydrogens is 435 g/mol. The Labute approximate surface area is 187 Å². The van der Waals surface area contributed by atoms with Crippen LogP contribution in [-0.4, -0.2) is 67.2 Å². The van der Waals surface area contributed by atoms with E-state index in [4.69, 9.17) is 11.1 Å². The molecule has 5 rings (SSSR count). The fraction of sp³-hybridized carbons (Fsp3) is 0.381. The summed E-state index contributed by atoms with van der Waals surface area (Å²) in [6.07, 6.45) is 5.74. The summed E-state index contributed by atoms with van der Waals surface area (Å²) in [4.78, 5) is 21.2. The number of halogens is 3. The van der Waals surface area contributed by atoms with Gasteiger partial charge in [-0.25, -0.2) is 19.9 Å². The zero-order valence-corrected chi connectivity index (χ0v) is 17.7. The van der Waals surface area contributed by atoms with E-state index in [0.29, 0.717) is 24.1 Å². The molecule has 0 aliphatic carbocycles. The van der Waals surface area contributed by atoms with Gasteiger partial charge in [-0.2, -0.15) is 13.2 Å². The Kier molecular flexibility index (Phi) is 5.23. The molecule has 0 amide bonds. The summed E-state index contributed by atoms with van der Waals surface area (Å²) in [5.74, 6) is 0.967. The standard InChI is InChI=1S/C21H22F3N9/c22-21(23,24)17-12-33-15(8-29-19(33)9-28-17)20-27-4-3-18(30-20)31-10-14-2-1-5-32(14)16(11-31)13(6-25)7-26/h3-4,6-9,12,14,16,25H,1-2,5,10-11,26H2/p+1/b13-7+,25-6?/t14-,16?/m0/s1. The molecule has 0 saturated carbocycles. The van der Waals surface area contributed by atoms with Crippen molar-refractivity contribution >= 4 is 17.7 Å². The van der Waals surface area contributed by atoms with Crippen LogP contribution in [0.1, 0.15) is 18.5 Å². The molecule has 9 nitrogen and oxygen atoms in total. The van der Waals surface area contributed by atoms with Gasteiger partial charge in [-0.15, -0.1) is 0 Å². The van der Waals surface area contributed by atoms with E-state index in [2.05, 4.69) is 29.7 Å². The second kappa shape index (κ2) is 8.10. The molecule has 2 aliphatic rings. The molecule has 172 valence electrons. The minimum Gasteiger partial charge on any atom is -0.404 e. The smallest absolute Gasteiger partial charge is 0.404 e. The first-order valence-corrected chi connectivity index (χ1v) is 10.6. The van der Waals surface area contributed by atoms with E-state index in [9.17, 15) is 13.2 Å². The Morgan fingerprint density at radius 3 is 2.79 bits per heavy atom. The summed E-state index contributed by atoms with van der Waals surface area (Å²) in [6.45, 7) is 2.41. The number of piperazine rings is 1. The van der Waals surface area contributed by atoms with E-state index in [-0.39, 0.29) is 17.5 Å². The SMILES string of the molecule is N/C=C(\C=[NH2+])C1CN(c2ccnc(-c3cnc4cnc(C(F)(F)F)cn34)n2)C[C@@H]2CCCN12. The van der Waals surface area contributed by atoms with Crippen LogP contribution in [0.25, 0.3) is 17.2 Å². The number of nitrogens with zero attached hydrogens (tertiary/aromatic N) is 7. The number of fused-ring (bicyclic) bond motifs is 2. The van der Waals surface area contributed by atoms with Crippen molar-refractivity contribution in [2.45, 2.75) is 31.1 Å². The Morgan fingerprint density at radius 2 is 2.03 bits per heavy atom. The van der Waals surface area contributed by atoms with Gasteiger partial charge in [0.15, 0.2) is 23.4 Å². The molecule has 5 heterocycles. The lowest BCUT2D eigenvalue weighted by atomic mass is 10.0. The summed E-state index contributed by atoms with van der Waals surface area (Å²) in [7, 11) is 0. The summed E-state index contributed by atoms with van der Waals surface area (Å²) in [5, 5.41) is 5.83. The molecule has 2 aliphatic heterocycles. The molecule has 1 unspecified atom stereocenters. The molecule has 3 aromatic heterocycles. The normalized spacial score (nSPS) is 22.0. The van der Waals surface area contributed by atoms with Crippen molar-refractivity contribution in [3.05, 3.63) is 48.3 Å². The molecule has 3 aromatic rings. The molecule has 0 spiro atoms. The predicted octanol–water partition coefficient (Wildman–Crippen LogP) is 0.531. The second-order valence-electron chi connectivity index (χ2n) is 8.17. The summed E-state index contributed by atoms with van der Waals surface area (Å²) in [6, 6.07) is 2.18. The first kappa shape index (κ1) is 21.3. The van der Waals surface area contributed by atoms with Crippen molar-refractivity contribution in [2.24, 2.45) is 5.73 Å². The van der Waals surface area contributed by atoms with Gasteiger partial charge in [0.1, 0.15) is 11.5 Å². The highest BCUT2D eigenvalue weighted by molar-refractivity contribution is 5.75. The van der Waals surface area contributed by atoms with Crippen LogP contribution in [0.4, 0.5) is 19.0 Å². The number of hydrogen-bond acceptors (Lipinski definition) is 7. The van der Waals surface area contributed by atoms with Crippen LogP contribution < -0.4 is 16.0 Å². The Bertz CT molecular complexity index is 1220. The minimum absolute atomic E-state index is 0.0379. The van der Waals surface area contributed by atoms with E-state index in [1.54, 1.807) is 24.7 Å². The number of rotatable bonds is 4. The summed E-state index contributed by atoms with van der Waals surface area (Å²) in [5.41, 5.74) is 6.31. The quantitative estimate of drug-likeness (QED) is 0.548. The zero-order chi connectivity index (χ0) is 23.2. The van der Waals surface area contributed by atoms with Crippen molar-refractivity contribution in [3.8, 4) is 11.5 Å². The van der Waals surface area contributed by atoms with Gasteiger partial charge >= 0.3 is 6.18 Å². The lowest BCUT2D eigenvalue weighted by Gasteiger charge is -2.44. The van der Waals surface area contributed by atoms with Crippen LogP contribution in [-0.2, 0) is 6.18 Å². The monoisotopic (exact) mass is 458 g/mol. The maximum absolute atomic E-state index is 13.2. The average Bonchev–Trinajstić information content (AvgIpc) is 3.46. The molecule has 12 heteroatoms. The number of nitrogens with two attached hydrogens (primary N) is 2. The minimum atomic E-state index is -4.57. The van der Waals surface area contributed by atoms with Gasteiger partial charge in [0.2, 0.25) is 0 Å². The third-order valence-corrected chi connectivity index (χ3v) is 6.30. The number of alkyl halides is 3. The van der Waals surface area contributed by atoms with Crippen molar-refractivity contribution in [1.82, 2.24) is 29.2 Å². The van der Waals surface area contributed by atoms with Crippen LogP contribution in [0.5, 0.6) is 0 Å². The second-order valence-corrected chi connectivity index (χ2v) is 8.17. The van der Waals surface area contributed by atoms with Gasteiger partial charge in [0.05, 0.1) is 18.4 Å². The molecule has 4 N–H and O–H groups in total. The van der Waals surface area contributed by atoms with Crippen LogP contribution in [0, 0.1) is 0 Å². The third kappa shape index (κ3) is 3.80. The maximum atomic E-state index is 13.2. The van der Waals surface area contributed by atoms with Crippen molar-refractivity contribution in [2.75, 3.05) is 24.5 Å². The third-order valence-electron chi connectivity index (χ3n) is 6.30. The van der Waals surface area contributed by atoms with Gasteiger partial charge in [0.25, 0.3) is 0 Å². The number of aromatic nitrogens is 5. The predicted molar refractivity (Wildman–Crippen MR) is 115 cm³/mol. The van der Waals surface area contributed by atoms with Crippen LogP contribution in [0.15, 0.2) is 42.6 Å². The molecular formula is C21H23F3N9+. The van der Waals surface area contributed by atoms with E-state index in [1.807, 2.05) is 0 Å². The first-order chi connectivity index (χ1) is 15.9. The number of hydrogen-bond donors (Lipinski definition) is 2. The number of imidazole rings is 1. The maximum Gasteiger partial charge on any atom is 0.434 e. The van der Waals surface area contributed by atoms with Crippen LogP contribution in [0.2, 0.25) is 0 Å². The Hall–Kier alpha value is -3.54. The van der Waals surface area contributed by atoms with E-state index >= 15 is 0 Å².